The SMILES string of the molecule is CCCN(C)c1ccc(C)cc1C#N. The summed E-state index contributed by atoms with van der Waals surface area (Å²) >= 11 is 0. The van der Waals surface area contributed by atoms with E-state index in [0.29, 0.717) is 0 Å². The van der Waals surface area contributed by atoms with E-state index < -0.39 is 0 Å². The minimum Gasteiger partial charge on any atom is -0.374 e. The molecule has 0 spiro atoms. The molecule has 0 aliphatic heterocycles. The lowest BCUT2D eigenvalue weighted by molar-refractivity contribution is 0.851. The highest BCUT2D eigenvalue weighted by molar-refractivity contribution is 5.59. The summed E-state index contributed by atoms with van der Waals surface area (Å²) in [5.74, 6) is 0. The van der Waals surface area contributed by atoms with Gasteiger partial charge in [0.1, 0.15) is 6.07 Å². The van der Waals surface area contributed by atoms with Gasteiger partial charge in [0.25, 0.3) is 0 Å². The predicted octanol–water partition coefficient (Wildman–Crippen LogP) is 2.71. The Hall–Kier alpha value is -1.49. The van der Waals surface area contributed by atoms with Crippen molar-refractivity contribution < 1.29 is 0 Å². The van der Waals surface area contributed by atoms with Crippen LogP contribution in [0.25, 0.3) is 0 Å². The monoisotopic (exact) mass is 188 g/mol. The summed E-state index contributed by atoms with van der Waals surface area (Å²) < 4.78 is 0. The van der Waals surface area contributed by atoms with Crippen LogP contribution in [0, 0.1) is 18.3 Å². The van der Waals surface area contributed by atoms with E-state index in [2.05, 4.69) is 17.9 Å². The molecule has 0 aliphatic rings. The van der Waals surface area contributed by atoms with Gasteiger partial charge in [0.15, 0.2) is 0 Å². The first-order valence-corrected chi connectivity index (χ1v) is 4.91. The third-order valence-electron chi connectivity index (χ3n) is 2.24. The van der Waals surface area contributed by atoms with Gasteiger partial charge >= 0.3 is 0 Å². The van der Waals surface area contributed by atoms with E-state index in [1.165, 1.54) is 0 Å². The average molecular weight is 188 g/mol. The van der Waals surface area contributed by atoms with Gasteiger partial charge in [-0.15, -0.1) is 0 Å². The lowest BCUT2D eigenvalue weighted by Gasteiger charge is -2.19. The number of anilines is 1. The van der Waals surface area contributed by atoms with Gasteiger partial charge in [-0.05, 0) is 31.0 Å². The maximum atomic E-state index is 8.98. The second-order valence-electron chi connectivity index (χ2n) is 3.55. The van der Waals surface area contributed by atoms with Crippen LogP contribution in [0.4, 0.5) is 5.69 Å². The highest BCUT2D eigenvalue weighted by Gasteiger charge is 2.05. The van der Waals surface area contributed by atoms with Crippen molar-refractivity contribution in [1.82, 2.24) is 0 Å². The minimum absolute atomic E-state index is 0.765. The van der Waals surface area contributed by atoms with Crippen molar-refractivity contribution in [2.24, 2.45) is 0 Å². The largest absolute Gasteiger partial charge is 0.374 e. The normalized spacial score (nSPS) is 9.57. The molecule has 0 bridgehead atoms. The number of aryl methyl sites for hydroxylation is 1. The molecule has 0 N–H and O–H groups in total. The van der Waals surface area contributed by atoms with E-state index in [4.69, 9.17) is 5.26 Å². The second-order valence-corrected chi connectivity index (χ2v) is 3.55. The summed E-state index contributed by atoms with van der Waals surface area (Å²) in [5.41, 5.74) is 2.93. The van der Waals surface area contributed by atoms with E-state index in [1.54, 1.807) is 0 Å². The number of nitrogens with zero attached hydrogens (tertiary/aromatic N) is 2. The van der Waals surface area contributed by atoms with Gasteiger partial charge < -0.3 is 4.90 Å². The fraction of sp³-hybridized carbons (Fsp3) is 0.417. The number of hydrogen-bond acceptors (Lipinski definition) is 2. The lowest BCUT2D eigenvalue weighted by atomic mass is 10.1. The summed E-state index contributed by atoms with van der Waals surface area (Å²) in [4.78, 5) is 2.12. The van der Waals surface area contributed by atoms with Crippen LogP contribution in [0.1, 0.15) is 24.5 Å². The van der Waals surface area contributed by atoms with Gasteiger partial charge in [0, 0.05) is 13.6 Å². The Morgan fingerprint density at radius 3 is 2.71 bits per heavy atom. The molecule has 0 atom stereocenters. The van der Waals surface area contributed by atoms with Crippen molar-refractivity contribution in [3.63, 3.8) is 0 Å². The van der Waals surface area contributed by atoms with Crippen molar-refractivity contribution in [3.05, 3.63) is 29.3 Å². The van der Waals surface area contributed by atoms with Crippen molar-refractivity contribution >= 4 is 5.69 Å². The third-order valence-corrected chi connectivity index (χ3v) is 2.24. The zero-order valence-corrected chi connectivity index (χ0v) is 9.04. The van der Waals surface area contributed by atoms with Crippen LogP contribution in [0.3, 0.4) is 0 Å². The molecule has 0 saturated heterocycles. The molecule has 14 heavy (non-hydrogen) atoms. The molecule has 0 radical (unpaired) electrons. The lowest BCUT2D eigenvalue weighted by Crippen LogP contribution is -2.18. The quantitative estimate of drug-likeness (QED) is 0.729. The Bertz CT molecular complexity index is 350. The number of benzene rings is 1. The zero-order chi connectivity index (χ0) is 10.6. The van der Waals surface area contributed by atoms with E-state index in [0.717, 1.165) is 29.8 Å². The molecule has 1 rings (SSSR count). The molecule has 1 aromatic rings. The number of hydrogen-bond donors (Lipinski definition) is 0. The van der Waals surface area contributed by atoms with Gasteiger partial charge in [0.05, 0.1) is 11.3 Å². The third kappa shape index (κ3) is 2.26. The Labute approximate surface area is 85.8 Å². The summed E-state index contributed by atoms with van der Waals surface area (Å²) in [6.07, 6.45) is 1.09. The van der Waals surface area contributed by atoms with E-state index in [1.807, 2.05) is 32.2 Å². The molecule has 0 fully saturated rings. The molecule has 0 amide bonds. The average Bonchev–Trinajstić information content (AvgIpc) is 2.17. The van der Waals surface area contributed by atoms with E-state index in [-0.39, 0.29) is 0 Å². The van der Waals surface area contributed by atoms with Crippen LogP contribution in [-0.2, 0) is 0 Å². The van der Waals surface area contributed by atoms with Gasteiger partial charge in [0.2, 0.25) is 0 Å². The molecule has 0 unspecified atom stereocenters. The molecule has 74 valence electrons. The van der Waals surface area contributed by atoms with Crippen LogP contribution in [0.15, 0.2) is 18.2 Å². The zero-order valence-electron chi connectivity index (χ0n) is 9.04. The molecule has 0 aliphatic carbocycles. The van der Waals surface area contributed by atoms with Gasteiger partial charge in [-0.2, -0.15) is 5.26 Å². The summed E-state index contributed by atoms with van der Waals surface area (Å²) in [6, 6.07) is 8.23. The summed E-state index contributed by atoms with van der Waals surface area (Å²) in [6.45, 7) is 5.12. The van der Waals surface area contributed by atoms with Crippen LogP contribution >= 0.6 is 0 Å². The van der Waals surface area contributed by atoms with Crippen LogP contribution < -0.4 is 4.90 Å². The molecular formula is C12H16N2. The molecule has 0 saturated carbocycles. The van der Waals surface area contributed by atoms with Gasteiger partial charge in [-0.3, -0.25) is 0 Å². The topological polar surface area (TPSA) is 27.0 Å². The molecule has 0 heterocycles. The fourth-order valence-electron chi connectivity index (χ4n) is 1.53. The van der Waals surface area contributed by atoms with Crippen LogP contribution in [-0.4, -0.2) is 13.6 Å². The highest BCUT2D eigenvalue weighted by Crippen LogP contribution is 2.19. The Kier molecular flexibility index (Phi) is 3.53. The summed E-state index contributed by atoms with van der Waals surface area (Å²) in [5, 5.41) is 8.98. The molecule has 1 aromatic carbocycles. The number of nitriles is 1. The smallest absolute Gasteiger partial charge is 0.101 e. The molecular weight excluding hydrogens is 172 g/mol. The molecule has 0 aromatic heterocycles. The van der Waals surface area contributed by atoms with Crippen molar-refractivity contribution in [2.75, 3.05) is 18.5 Å². The van der Waals surface area contributed by atoms with Crippen molar-refractivity contribution in [3.8, 4) is 6.07 Å². The van der Waals surface area contributed by atoms with Crippen molar-refractivity contribution in [1.29, 1.82) is 5.26 Å². The summed E-state index contributed by atoms with van der Waals surface area (Å²) in [7, 11) is 2.02. The minimum atomic E-state index is 0.765. The predicted molar refractivity (Wildman–Crippen MR) is 59.5 cm³/mol. The number of rotatable bonds is 3. The first-order valence-electron chi connectivity index (χ1n) is 4.91. The van der Waals surface area contributed by atoms with Crippen LogP contribution in [0.5, 0.6) is 0 Å². The second kappa shape index (κ2) is 4.66. The molecule has 2 heteroatoms. The maximum absolute atomic E-state index is 8.98. The Morgan fingerprint density at radius 1 is 1.43 bits per heavy atom. The molecule has 2 nitrogen and oxygen atoms in total. The van der Waals surface area contributed by atoms with Crippen LogP contribution in [0.2, 0.25) is 0 Å². The first-order chi connectivity index (χ1) is 6.69. The Balaban J connectivity index is 3.03. The highest BCUT2D eigenvalue weighted by atomic mass is 15.1. The maximum Gasteiger partial charge on any atom is 0.101 e. The van der Waals surface area contributed by atoms with E-state index in [9.17, 15) is 0 Å². The van der Waals surface area contributed by atoms with E-state index >= 15 is 0 Å². The van der Waals surface area contributed by atoms with Crippen molar-refractivity contribution in [2.45, 2.75) is 20.3 Å². The Morgan fingerprint density at radius 2 is 2.14 bits per heavy atom. The standard InChI is InChI=1S/C12H16N2/c1-4-7-14(3)12-6-5-10(2)8-11(12)9-13/h5-6,8H,4,7H2,1-3H3. The van der Waals surface area contributed by atoms with Gasteiger partial charge in [-0.1, -0.05) is 13.0 Å². The fourth-order valence-corrected chi connectivity index (χ4v) is 1.53. The first kappa shape index (κ1) is 10.6. The van der Waals surface area contributed by atoms with Gasteiger partial charge in [-0.25, -0.2) is 0 Å².